The second kappa shape index (κ2) is 8.18. The van der Waals surface area contributed by atoms with E-state index in [-0.39, 0.29) is 4.75 Å². The van der Waals surface area contributed by atoms with Crippen LogP contribution < -0.4 is 4.90 Å². The van der Waals surface area contributed by atoms with Crippen molar-refractivity contribution in [2.75, 3.05) is 17.7 Å². The predicted octanol–water partition coefficient (Wildman–Crippen LogP) is 6.94. The summed E-state index contributed by atoms with van der Waals surface area (Å²) in [5, 5.41) is 10.4. The Morgan fingerprint density at radius 3 is 2.62 bits per heavy atom. The van der Waals surface area contributed by atoms with E-state index < -0.39 is 0 Å². The van der Waals surface area contributed by atoms with Gasteiger partial charge >= 0.3 is 0 Å². The second-order valence-electron chi connectivity index (χ2n) is 7.48. The van der Waals surface area contributed by atoms with Gasteiger partial charge < -0.3 is 10.0 Å². The molecule has 0 amide bonds. The van der Waals surface area contributed by atoms with Crippen LogP contribution in [-0.4, -0.2) is 22.7 Å². The molecule has 1 N–H and O–H groups in total. The number of fused-ring (bicyclic) bond motifs is 1. The number of para-hydroxylation sites is 1. The van der Waals surface area contributed by atoms with Crippen molar-refractivity contribution in [3.05, 3.63) is 42.5 Å². The van der Waals surface area contributed by atoms with Gasteiger partial charge in [-0.1, -0.05) is 51.8 Å². The van der Waals surface area contributed by atoms with E-state index >= 15 is 0 Å². The molecule has 0 saturated heterocycles. The van der Waals surface area contributed by atoms with Crippen molar-refractivity contribution in [1.82, 2.24) is 0 Å². The molecule has 0 aromatic heterocycles. The Kier molecular flexibility index (Phi) is 6.13. The fourth-order valence-electron chi connectivity index (χ4n) is 3.64. The molecular weight excluding hydrogens is 358 g/mol. The molecule has 1 aliphatic rings. The third kappa shape index (κ3) is 4.01. The fraction of sp³-hybridized carbons (Fsp3) is 0.455. The summed E-state index contributed by atoms with van der Waals surface area (Å²) in [6.45, 7) is 7.99. The number of benzene rings is 2. The molecular formula is C22H29NOS2. The van der Waals surface area contributed by atoms with Crippen LogP contribution in [0.1, 0.15) is 40.0 Å². The Morgan fingerprint density at radius 1 is 1.23 bits per heavy atom. The highest BCUT2D eigenvalue weighted by atomic mass is 32.2. The summed E-state index contributed by atoms with van der Waals surface area (Å²) < 4.78 is 0.126. The summed E-state index contributed by atoms with van der Waals surface area (Å²) in [7, 11) is 0. The number of hydrogen-bond acceptors (Lipinski definition) is 4. The van der Waals surface area contributed by atoms with E-state index in [1.807, 2.05) is 24.1 Å². The van der Waals surface area contributed by atoms with Crippen molar-refractivity contribution in [2.24, 2.45) is 5.92 Å². The van der Waals surface area contributed by atoms with Gasteiger partial charge in [0.15, 0.2) is 0 Å². The molecule has 1 unspecified atom stereocenters. The van der Waals surface area contributed by atoms with Crippen LogP contribution in [0.15, 0.2) is 52.3 Å². The summed E-state index contributed by atoms with van der Waals surface area (Å²) in [6.07, 6.45) is 5.74. The monoisotopic (exact) mass is 387 g/mol. The molecule has 26 heavy (non-hydrogen) atoms. The number of phenols is 1. The van der Waals surface area contributed by atoms with Crippen LogP contribution >= 0.6 is 23.5 Å². The van der Waals surface area contributed by atoms with Gasteiger partial charge in [-0.15, -0.1) is 23.5 Å². The van der Waals surface area contributed by atoms with Gasteiger partial charge in [-0.05, 0) is 42.9 Å². The minimum absolute atomic E-state index is 0.126. The van der Waals surface area contributed by atoms with E-state index in [0.717, 1.165) is 11.4 Å². The van der Waals surface area contributed by atoms with Crippen molar-refractivity contribution < 1.29 is 5.11 Å². The van der Waals surface area contributed by atoms with Crippen molar-refractivity contribution in [2.45, 2.75) is 54.6 Å². The fourth-order valence-corrected chi connectivity index (χ4v) is 5.51. The zero-order chi connectivity index (χ0) is 18.7. The normalized spacial score (nSPS) is 19.1. The number of rotatable bonds is 5. The molecule has 2 nitrogen and oxygen atoms in total. The average molecular weight is 388 g/mol. The highest BCUT2D eigenvalue weighted by Crippen LogP contribution is 2.51. The average Bonchev–Trinajstić information content (AvgIpc) is 2.73. The first-order valence-corrected chi connectivity index (χ1v) is 11.4. The Balaban J connectivity index is 2.11. The predicted molar refractivity (Wildman–Crippen MR) is 116 cm³/mol. The van der Waals surface area contributed by atoms with Crippen molar-refractivity contribution in [1.29, 1.82) is 0 Å². The van der Waals surface area contributed by atoms with Crippen LogP contribution in [0.4, 0.5) is 11.4 Å². The summed E-state index contributed by atoms with van der Waals surface area (Å²) in [5.41, 5.74) is 2.45. The first-order valence-electron chi connectivity index (χ1n) is 9.39. The van der Waals surface area contributed by atoms with E-state index in [1.165, 1.54) is 35.5 Å². The smallest absolute Gasteiger partial charge is 0.130 e. The molecule has 140 valence electrons. The van der Waals surface area contributed by atoms with E-state index in [9.17, 15) is 5.11 Å². The second-order valence-corrected chi connectivity index (χ2v) is 10.0. The van der Waals surface area contributed by atoms with Gasteiger partial charge in [-0.25, -0.2) is 0 Å². The van der Waals surface area contributed by atoms with Gasteiger partial charge in [0.25, 0.3) is 0 Å². The topological polar surface area (TPSA) is 23.5 Å². The van der Waals surface area contributed by atoms with Crippen LogP contribution in [0.3, 0.4) is 0 Å². The third-order valence-electron chi connectivity index (χ3n) is 5.28. The van der Waals surface area contributed by atoms with E-state index in [4.69, 9.17) is 0 Å². The number of hydrogen-bond donors (Lipinski definition) is 1. The van der Waals surface area contributed by atoms with Crippen LogP contribution in [0.25, 0.3) is 0 Å². The standard InChI is InChI=1S/C22H29NOS2/c1-5-6-10-16-15-23(17-11-8-7-9-12-17)18-13-21(25-4)19(24)14-20(18)26-22(16,2)3/h7-9,11-14,16,24H,5-6,10,15H2,1-4H3. The van der Waals surface area contributed by atoms with Crippen LogP contribution in [0.5, 0.6) is 5.75 Å². The molecule has 0 saturated carbocycles. The molecule has 2 aromatic carbocycles. The zero-order valence-electron chi connectivity index (χ0n) is 16.2. The van der Waals surface area contributed by atoms with E-state index in [2.05, 4.69) is 62.1 Å². The molecule has 3 rings (SSSR count). The molecule has 0 radical (unpaired) electrons. The number of anilines is 2. The Bertz CT molecular complexity index is 745. The SMILES string of the molecule is CCCCC1CN(c2ccccc2)c2cc(SC)c(O)cc2SC1(C)C. The molecule has 0 aliphatic carbocycles. The van der Waals surface area contributed by atoms with Crippen molar-refractivity contribution in [3.63, 3.8) is 0 Å². The molecule has 2 aromatic rings. The van der Waals surface area contributed by atoms with Crippen molar-refractivity contribution in [3.8, 4) is 5.75 Å². The Hall–Kier alpha value is -1.26. The summed E-state index contributed by atoms with van der Waals surface area (Å²) in [5.74, 6) is 0.972. The lowest BCUT2D eigenvalue weighted by Crippen LogP contribution is -2.34. The zero-order valence-corrected chi connectivity index (χ0v) is 17.8. The third-order valence-corrected chi connectivity index (χ3v) is 7.46. The van der Waals surface area contributed by atoms with Gasteiger partial charge in [-0.2, -0.15) is 0 Å². The molecule has 1 aliphatic heterocycles. The maximum absolute atomic E-state index is 10.4. The van der Waals surface area contributed by atoms with E-state index in [1.54, 1.807) is 11.8 Å². The van der Waals surface area contributed by atoms with Gasteiger partial charge in [-0.3, -0.25) is 0 Å². The Morgan fingerprint density at radius 2 is 1.96 bits per heavy atom. The minimum atomic E-state index is 0.126. The lowest BCUT2D eigenvalue weighted by atomic mass is 9.89. The first-order chi connectivity index (χ1) is 12.5. The van der Waals surface area contributed by atoms with Gasteiger partial charge in [0, 0.05) is 21.9 Å². The number of phenolic OH excluding ortho intramolecular Hbond substituents is 1. The highest BCUT2D eigenvalue weighted by molar-refractivity contribution is 8.01. The lowest BCUT2D eigenvalue weighted by molar-refractivity contribution is 0.392. The molecule has 4 heteroatoms. The number of thioether (sulfide) groups is 2. The Labute approximate surface area is 166 Å². The molecule has 0 fully saturated rings. The van der Waals surface area contributed by atoms with Gasteiger partial charge in [0.1, 0.15) is 5.75 Å². The van der Waals surface area contributed by atoms with Crippen LogP contribution in [-0.2, 0) is 0 Å². The van der Waals surface area contributed by atoms with Crippen LogP contribution in [0, 0.1) is 5.92 Å². The molecule has 0 bridgehead atoms. The van der Waals surface area contributed by atoms with Gasteiger partial charge in [0.2, 0.25) is 0 Å². The largest absolute Gasteiger partial charge is 0.507 e. The summed E-state index contributed by atoms with van der Waals surface area (Å²) in [4.78, 5) is 4.57. The van der Waals surface area contributed by atoms with Gasteiger partial charge in [0.05, 0.1) is 10.6 Å². The molecule has 1 atom stereocenters. The summed E-state index contributed by atoms with van der Waals surface area (Å²) in [6, 6.07) is 14.8. The lowest BCUT2D eigenvalue weighted by Gasteiger charge is -2.34. The van der Waals surface area contributed by atoms with E-state index in [0.29, 0.717) is 11.7 Å². The summed E-state index contributed by atoms with van der Waals surface area (Å²) >= 11 is 3.52. The number of aromatic hydroxyl groups is 1. The highest BCUT2D eigenvalue weighted by Gasteiger charge is 2.37. The molecule has 1 heterocycles. The van der Waals surface area contributed by atoms with Crippen LogP contribution in [0.2, 0.25) is 0 Å². The number of nitrogens with zero attached hydrogens (tertiary/aromatic N) is 1. The quantitative estimate of drug-likeness (QED) is 0.561. The maximum atomic E-state index is 10.4. The van der Waals surface area contributed by atoms with Crippen molar-refractivity contribution >= 4 is 34.9 Å². The molecule has 0 spiro atoms. The minimum Gasteiger partial charge on any atom is -0.507 e. The maximum Gasteiger partial charge on any atom is 0.130 e. The number of unbranched alkanes of at least 4 members (excludes halogenated alkanes) is 1. The first kappa shape index (κ1) is 19.5.